The van der Waals surface area contributed by atoms with Crippen LogP contribution in [0.1, 0.15) is 30.9 Å². The summed E-state index contributed by atoms with van der Waals surface area (Å²) >= 11 is 0. The van der Waals surface area contributed by atoms with Gasteiger partial charge in [0.15, 0.2) is 0 Å². The number of phenolic OH excluding ortho intramolecular Hbond substituents is 1. The van der Waals surface area contributed by atoms with Crippen LogP contribution >= 0.6 is 0 Å². The highest BCUT2D eigenvalue weighted by atomic mass is 16.5. The van der Waals surface area contributed by atoms with Gasteiger partial charge in [-0.15, -0.1) is 0 Å². The van der Waals surface area contributed by atoms with Gasteiger partial charge in [0.2, 0.25) is 5.91 Å². The van der Waals surface area contributed by atoms with E-state index in [9.17, 15) is 9.90 Å². The maximum absolute atomic E-state index is 12.5. The van der Waals surface area contributed by atoms with Gasteiger partial charge < -0.3 is 25.0 Å². The van der Waals surface area contributed by atoms with Crippen LogP contribution in [0.5, 0.6) is 5.75 Å². The molecule has 1 amide bonds. The van der Waals surface area contributed by atoms with Crippen molar-refractivity contribution in [3.8, 4) is 5.75 Å². The van der Waals surface area contributed by atoms with E-state index in [1.807, 2.05) is 49.4 Å². The van der Waals surface area contributed by atoms with Crippen LogP contribution in [0.2, 0.25) is 0 Å². The van der Waals surface area contributed by atoms with Crippen LogP contribution in [0.25, 0.3) is 0 Å². The highest BCUT2D eigenvalue weighted by molar-refractivity contribution is 5.76. The molecule has 6 heteroatoms. The lowest BCUT2D eigenvalue weighted by molar-refractivity contribution is -0.122. The van der Waals surface area contributed by atoms with Crippen molar-refractivity contribution in [1.29, 1.82) is 0 Å². The second-order valence-corrected chi connectivity index (χ2v) is 7.88. The van der Waals surface area contributed by atoms with E-state index < -0.39 is 0 Å². The number of hydrogen-bond acceptors (Lipinski definition) is 5. The van der Waals surface area contributed by atoms with Gasteiger partial charge in [0.05, 0.1) is 25.9 Å². The predicted molar refractivity (Wildman–Crippen MR) is 121 cm³/mol. The molecule has 0 saturated carbocycles. The number of nitrogens with one attached hydrogen (secondary N) is 1. The monoisotopic (exact) mass is 429 g/mol. The molecular weight excluding hydrogens is 394 g/mol. The Bertz CT molecular complexity index is 735. The molecule has 0 fully saturated rings. The minimum atomic E-state index is -0.121. The van der Waals surface area contributed by atoms with Gasteiger partial charge in [-0.2, -0.15) is 0 Å². The highest BCUT2D eigenvalue weighted by Crippen LogP contribution is 2.11. The van der Waals surface area contributed by atoms with Crippen molar-refractivity contribution in [1.82, 2.24) is 5.32 Å². The lowest BCUT2D eigenvalue weighted by Crippen LogP contribution is -2.40. The molecule has 2 unspecified atom stereocenters. The average molecular weight is 430 g/mol. The Balaban J connectivity index is 1.75. The molecule has 170 valence electrons. The maximum Gasteiger partial charge on any atom is 0.220 e. The molecule has 0 aliphatic rings. The second kappa shape index (κ2) is 14.6. The van der Waals surface area contributed by atoms with E-state index in [2.05, 4.69) is 5.32 Å². The van der Waals surface area contributed by atoms with Crippen molar-refractivity contribution in [3.63, 3.8) is 0 Å². The number of ether oxygens (including phenoxy) is 2. The number of aromatic hydroxyl groups is 1. The van der Waals surface area contributed by atoms with Crippen LogP contribution in [0.15, 0.2) is 54.6 Å². The Kier molecular flexibility index (Phi) is 11.7. The Morgan fingerprint density at radius 2 is 1.68 bits per heavy atom. The highest BCUT2D eigenvalue weighted by Gasteiger charge is 2.14. The van der Waals surface area contributed by atoms with Gasteiger partial charge >= 0.3 is 0 Å². The number of carbonyl (C=O) groups excluding carboxylic acids is 1. The quantitative estimate of drug-likeness (QED) is 0.379. The van der Waals surface area contributed by atoms with Gasteiger partial charge in [0.1, 0.15) is 5.75 Å². The Hall–Kier alpha value is -2.41. The number of aryl methyl sites for hydroxylation is 1. The lowest BCUT2D eigenvalue weighted by Gasteiger charge is -2.19. The van der Waals surface area contributed by atoms with Gasteiger partial charge in [0, 0.05) is 19.6 Å². The lowest BCUT2D eigenvalue weighted by atomic mass is 10.1. The number of aliphatic hydroxyl groups is 1. The fraction of sp³-hybridized carbons (Fsp3) is 0.480. The van der Waals surface area contributed by atoms with E-state index in [4.69, 9.17) is 14.6 Å². The van der Waals surface area contributed by atoms with Gasteiger partial charge in [-0.25, -0.2) is 0 Å². The number of rotatable bonds is 15. The summed E-state index contributed by atoms with van der Waals surface area (Å²) in [6.07, 6.45) is 2.51. The summed E-state index contributed by atoms with van der Waals surface area (Å²) in [5, 5.41) is 21.5. The third-order valence-corrected chi connectivity index (χ3v) is 5.02. The van der Waals surface area contributed by atoms with E-state index in [-0.39, 0.29) is 30.2 Å². The molecule has 0 heterocycles. The minimum Gasteiger partial charge on any atom is -0.508 e. The fourth-order valence-corrected chi connectivity index (χ4v) is 3.09. The summed E-state index contributed by atoms with van der Waals surface area (Å²) in [7, 11) is 0. The van der Waals surface area contributed by atoms with Crippen LogP contribution in [0.3, 0.4) is 0 Å². The first-order valence-corrected chi connectivity index (χ1v) is 10.9. The molecular formula is C25H35NO5. The standard InChI is InChI=1S/C25H35NO5/c1-20(18-27)13-14-30-15-16-31-19-23(17-22-5-3-2-4-6-22)26-25(29)12-9-21-7-10-24(28)11-8-21/h2-8,10-11,20,23,27-28H,9,12-19H2,1H3,(H,26,29). The zero-order valence-corrected chi connectivity index (χ0v) is 18.3. The topological polar surface area (TPSA) is 88.0 Å². The third-order valence-electron chi connectivity index (χ3n) is 5.02. The molecule has 0 bridgehead atoms. The van der Waals surface area contributed by atoms with Gasteiger partial charge in [-0.1, -0.05) is 49.4 Å². The normalized spacial score (nSPS) is 13.0. The number of benzene rings is 2. The van der Waals surface area contributed by atoms with Crippen molar-refractivity contribution in [2.24, 2.45) is 5.92 Å². The van der Waals surface area contributed by atoms with E-state index >= 15 is 0 Å². The van der Waals surface area contributed by atoms with Gasteiger partial charge in [-0.05, 0) is 48.4 Å². The number of carbonyl (C=O) groups is 1. The smallest absolute Gasteiger partial charge is 0.220 e. The first kappa shape index (κ1) is 24.9. The van der Waals surface area contributed by atoms with Crippen LogP contribution in [0, 0.1) is 5.92 Å². The molecule has 0 radical (unpaired) electrons. The molecule has 0 spiro atoms. The molecule has 0 aliphatic carbocycles. The summed E-state index contributed by atoms with van der Waals surface area (Å²) in [6, 6.07) is 16.8. The number of amides is 1. The minimum absolute atomic E-state index is 0.0214. The Morgan fingerprint density at radius 3 is 2.39 bits per heavy atom. The number of hydrogen-bond donors (Lipinski definition) is 3. The molecule has 2 rings (SSSR count). The number of aliphatic hydroxyl groups excluding tert-OH is 1. The molecule has 0 aromatic heterocycles. The molecule has 3 N–H and O–H groups in total. The summed E-state index contributed by atoms with van der Waals surface area (Å²) in [6.45, 7) is 4.13. The molecule has 31 heavy (non-hydrogen) atoms. The van der Waals surface area contributed by atoms with Crippen molar-refractivity contribution >= 4 is 5.91 Å². The Morgan fingerprint density at radius 1 is 0.968 bits per heavy atom. The summed E-state index contributed by atoms with van der Waals surface area (Å²) < 4.78 is 11.3. The molecule has 0 aliphatic heterocycles. The van der Waals surface area contributed by atoms with E-state index in [1.54, 1.807) is 12.1 Å². The molecule has 0 saturated heterocycles. The van der Waals surface area contributed by atoms with E-state index in [0.29, 0.717) is 45.7 Å². The molecule has 6 nitrogen and oxygen atoms in total. The van der Waals surface area contributed by atoms with Crippen LogP contribution in [-0.2, 0) is 27.1 Å². The van der Waals surface area contributed by atoms with Crippen LogP contribution < -0.4 is 5.32 Å². The maximum atomic E-state index is 12.5. The third kappa shape index (κ3) is 11.0. The Labute approximate surface area is 185 Å². The number of phenols is 1. The molecule has 2 aromatic rings. The molecule has 2 aromatic carbocycles. The SMILES string of the molecule is CC(CO)CCOCCOCC(Cc1ccccc1)NC(=O)CCc1ccc(O)cc1. The van der Waals surface area contributed by atoms with E-state index in [0.717, 1.165) is 17.5 Å². The summed E-state index contributed by atoms with van der Waals surface area (Å²) in [5.41, 5.74) is 2.15. The van der Waals surface area contributed by atoms with Gasteiger partial charge in [-0.3, -0.25) is 4.79 Å². The zero-order chi connectivity index (χ0) is 22.3. The summed E-state index contributed by atoms with van der Waals surface area (Å²) in [5.74, 6) is 0.444. The van der Waals surface area contributed by atoms with Gasteiger partial charge in [0.25, 0.3) is 0 Å². The summed E-state index contributed by atoms with van der Waals surface area (Å²) in [4.78, 5) is 12.5. The second-order valence-electron chi connectivity index (χ2n) is 7.88. The van der Waals surface area contributed by atoms with Crippen molar-refractivity contribution in [2.75, 3.05) is 33.0 Å². The fourth-order valence-electron chi connectivity index (χ4n) is 3.09. The molecule has 2 atom stereocenters. The zero-order valence-electron chi connectivity index (χ0n) is 18.3. The van der Waals surface area contributed by atoms with E-state index in [1.165, 1.54) is 0 Å². The predicted octanol–water partition coefficient (Wildman–Crippen LogP) is 3.10. The van der Waals surface area contributed by atoms with Crippen LogP contribution in [0.4, 0.5) is 0 Å². The van der Waals surface area contributed by atoms with Crippen LogP contribution in [-0.4, -0.2) is 55.2 Å². The largest absolute Gasteiger partial charge is 0.508 e. The first-order valence-electron chi connectivity index (χ1n) is 10.9. The van der Waals surface area contributed by atoms with Crippen molar-refractivity contribution in [2.45, 2.75) is 38.6 Å². The first-order chi connectivity index (χ1) is 15.1. The average Bonchev–Trinajstić information content (AvgIpc) is 2.78. The van der Waals surface area contributed by atoms with Crippen molar-refractivity contribution in [3.05, 3.63) is 65.7 Å². The van der Waals surface area contributed by atoms with Crippen molar-refractivity contribution < 1.29 is 24.5 Å².